The molecule has 0 saturated carbocycles. The van der Waals surface area contributed by atoms with Gasteiger partial charge < -0.3 is 14.2 Å². The van der Waals surface area contributed by atoms with Crippen LogP contribution in [-0.2, 0) is 19.4 Å². The number of imidazole rings is 1. The van der Waals surface area contributed by atoms with Crippen molar-refractivity contribution in [3.05, 3.63) is 143 Å². The van der Waals surface area contributed by atoms with Crippen molar-refractivity contribution in [3.63, 3.8) is 0 Å². The Morgan fingerprint density at radius 1 is 0.571 bits per heavy atom. The molecule has 1 aliphatic rings. The summed E-state index contributed by atoms with van der Waals surface area (Å²) in [4.78, 5) is 42.4. The molecule has 0 unspecified atom stereocenters. The zero-order valence-corrected chi connectivity index (χ0v) is 61.1. The smallest absolute Gasteiger partial charge is 0.255 e. The van der Waals surface area contributed by atoms with E-state index in [1.165, 1.54) is 46.5 Å². The van der Waals surface area contributed by atoms with Crippen LogP contribution in [0.3, 0.4) is 0 Å². The van der Waals surface area contributed by atoms with Gasteiger partial charge in [-0.1, -0.05) is 131 Å². The van der Waals surface area contributed by atoms with E-state index in [1.54, 1.807) is 10.8 Å². The molecule has 7 aromatic heterocycles. The molecule has 0 spiro atoms. The summed E-state index contributed by atoms with van der Waals surface area (Å²) >= 11 is 1.51. The van der Waals surface area contributed by atoms with E-state index in [4.69, 9.17) is 4.98 Å². The van der Waals surface area contributed by atoms with Crippen LogP contribution < -0.4 is 15.4 Å². The third-order valence-electron chi connectivity index (χ3n) is 12.0. The topological polar surface area (TPSA) is 142 Å². The molecule has 8 rings (SSSR count). The summed E-state index contributed by atoms with van der Waals surface area (Å²) < 4.78 is 7.32. The Bertz CT molecular complexity index is 2860. The van der Waals surface area contributed by atoms with Crippen molar-refractivity contribution in [1.29, 1.82) is 0 Å². The molecule has 0 N–H and O–H groups in total. The molecule has 0 radical (unpaired) electrons. The Hall–Kier alpha value is -5.88. The van der Waals surface area contributed by atoms with Crippen LogP contribution in [-0.4, -0.2) is 70.7 Å². The van der Waals surface area contributed by atoms with Gasteiger partial charge in [0, 0.05) is 72.0 Å². The van der Waals surface area contributed by atoms with Crippen LogP contribution in [0.5, 0.6) is 0 Å². The first-order chi connectivity index (χ1) is 39.8. The summed E-state index contributed by atoms with van der Waals surface area (Å²) in [5.41, 5.74) is 9.73. The van der Waals surface area contributed by atoms with Crippen LogP contribution in [0.25, 0.3) is 21.9 Å². The molecule has 84 heavy (non-hydrogen) atoms. The van der Waals surface area contributed by atoms with Crippen LogP contribution >= 0.6 is 0 Å². The van der Waals surface area contributed by atoms with Gasteiger partial charge in [0.25, 0.3) is 5.56 Å². The summed E-state index contributed by atoms with van der Waals surface area (Å²) in [5.74, 6) is 4.37. The number of nitrogens with zero attached hydrogens (tertiary/aromatic N) is 13. The minimum absolute atomic E-state index is 0.0567. The summed E-state index contributed by atoms with van der Waals surface area (Å²) in [6, 6.07) is 9.77. The Labute approximate surface area is 522 Å². The first-order valence-electron chi connectivity index (χ1n) is 31.4. The molecule has 8 heterocycles. The van der Waals surface area contributed by atoms with Gasteiger partial charge in [0.05, 0.1) is 40.7 Å². The predicted molar refractivity (Wildman–Crippen MR) is 363 cm³/mol. The van der Waals surface area contributed by atoms with Gasteiger partial charge in [0.2, 0.25) is 0 Å². The Morgan fingerprint density at radius 3 is 1.58 bits per heavy atom. The first kappa shape index (κ1) is 80.2. The van der Waals surface area contributed by atoms with Crippen LogP contribution in [0.1, 0.15) is 272 Å². The first-order valence-corrected chi connectivity index (χ1v) is 32.9. The fourth-order valence-corrected chi connectivity index (χ4v) is 8.92. The predicted octanol–water partition coefficient (Wildman–Crippen LogP) is 19.4. The van der Waals surface area contributed by atoms with E-state index < -0.39 is 0 Å². The number of rotatable bonds is 12. The van der Waals surface area contributed by atoms with Crippen molar-refractivity contribution in [2.75, 3.05) is 9.80 Å². The van der Waals surface area contributed by atoms with Crippen LogP contribution in [0.2, 0.25) is 0 Å². The Kier molecular flexibility index (Phi) is 40.1. The third-order valence-corrected chi connectivity index (χ3v) is 14.5. The monoisotopic (exact) mass is 1330 g/mol. The largest absolute Gasteiger partial charge is 0.300 e. The average Bonchev–Trinajstić information content (AvgIpc) is 2.30. The van der Waals surface area contributed by atoms with E-state index in [2.05, 4.69) is 179 Å². The third kappa shape index (κ3) is 23.5. The minimum atomic E-state index is 0.0567. The zero-order valence-electron chi connectivity index (χ0n) is 58.2. The van der Waals surface area contributed by atoms with E-state index in [1.807, 2.05) is 163 Å². The van der Waals surface area contributed by atoms with Gasteiger partial charge in [0.15, 0.2) is 0 Å². The van der Waals surface area contributed by atoms with Gasteiger partial charge in [-0.05, 0) is 91.3 Å². The molecule has 0 saturated heterocycles. The molecule has 15 heteroatoms. The second kappa shape index (κ2) is 42.0. The number of fused-ring (bicyclic) bond motifs is 3. The van der Waals surface area contributed by atoms with E-state index in [-0.39, 0.29) is 17.5 Å². The Morgan fingerprint density at radius 2 is 1.12 bits per heavy atom. The maximum Gasteiger partial charge on any atom is 0.255 e. The van der Waals surface area contributed by atoms with Gasteiger partial charge in [-0.3, -0.25) is 24.0 Å². The summed E-state index contributed by atoms with van der Waals surface area (Å²) in [5, 5.41) is 9.96. The average molecular weight is 1330 g/mol. The number of hydrogen-bond donors (Lipinski definition) is 0. The minimum Gasteiger partial charge on any atom is -0.300 e. The van der Waals surface area contributed by atoms with Gasteiger partial charge in [0.1, 0.15) is 23.6 Å². The molecule has 14 nitrogen and oxygen atoms in total. The maximum absolute atomic E-state index is 12.4. The number of pyridine rings is 3. The van der Waals surface area contributed by atoms with Crippen molar-refractivity contribution in [1.82, 2.24) is 48.7 Å². The van der Waals surface area contributed by atoms with Gasteiger partial charge in [-0.15, -0.1) is 0 Å². The van der Waals surface area contributed by atoms with Gasteiger partial charge >= 0.3 is 103 Å². The normalized spacial score (nSPS) is 11.2. The van der Waals surface area contributed by atoms with Crippen LogP contribution in [0, 0.1) is 5.92 Å². The standard InChI is InChI=1S/C13H17N3O.C13H19N3.C12H17N3.C12H17N2.C9H16N2.5C2H6.W/c1-8(2)11-5-10-6-14-7-15-12(10)16(9(3)4)13(11)17;1-9(2)15-11(5)16(10(3)4)13-8-14-7-6-12(13)15;1-8(2)11-10-7-13-5-6-15(10)12(14-11)9(3)4;1-9(2)7-11-8-13-6-5-12(11)14-10(3)4;1-7(2)9-5-6-11(10-9)8(3)4;5*1-2;/h5-9H,1-4H3;6-10H,5H2,1-4H3;5-9H,1-4H3;5-6,8-10H,1-4H3;5-8H,1-4H3;5*1-2H3;/q;;;-1;;;;;;;. The number of hydrogen-bond acceptors (Lipinski definition) is 10. The van der Waals surface area contributed by atoms with Crippen molar-refractivity contribution in [2.45, 2.75) is 262 Å². The molecule has 0 amide bonds. The van der Waals surface area contributed by atoms with Gasteiger partial charge in [-0.25, -0.2) is 15.0 Å². The fourth-order valence-electron chi connectivity index (χ4n) is 8.35. The van der Waals surface area contributed by atoms with Crippen molar-refractivity contribution in [2.24, 2.45) is 5.92 Å². The molecule has 0 atom stereocenters. The van der Waals surface area contributed by atoms with Crippen LogP contribution in [0.15, 0.2) is 104 Å². The summed E-state index contributed by atoms with van der Waals surface area (Å²) in [7, 11) is 0. The second-order valence-corrected chi connectivity index (χ2v) is 23.2. The molecule has 0 bridgehead atoms. The van der Waals surface area contributed by atoms with Crippen molar-refractivity contribution >= 4 is 37.5 Å². The van der Waals surface area contributed by atoms with E-state index in [9.17, 15) is 4.79 Å². The second-order valence-electron chi connectivity index (χ2n) is 21.6. The fraction of sp³-hybridized carbons (Fsp3) is 0.580. The van der Waals surface area contributed by atoms with Crippen LogP contribution in [0.4, 0.5) is 17.1 Å². The van der Waals surface area contributed by atoms with Gasteiger partial charge in [-0.2, -0.15) is 5.10 Å². The van der Waals surface area contributed by atoms with Crippen molar-refractivity contribution in [3.8, 4) is 0 Å². The summed E-state index contributed by atoms with van der Waals surface area (Å²) in [6.07, 6.45) is 18.5. The zero-order chi connectivity index (χ0) is 65.3. The Balaban J connectivity index is 0. The molecular weight excluding hydrogens is 1210 g/mol. The van der Waals surface area contributed by atoms with Crippen molar-refractivity contribution < 1.29 is 19.4 Å². The van der Waals surface area contributed by atoms with E-state index in [0.29, 0.717) is 53.5 Å². The SMILES string of the molecule is C=C1N(C(C)C)c2ccncc2N1C(C)C.CC.CC.CC.CC.CC.CC(C)[N-]c1ccncc1[C](=[W])C(C)C.CC(C)c1cc2cncnc2n(C(C)C)c1=O.CC(C)c1ccn(C(C)C)n1.CC(C)c1nc(C(C)C)n2ccncc12. The molecule has 1 aliphatic heterocycles. The quantitative estimate of drug-likeness (QED) is 0.116. The van der Waals surface area contributed by atoms with E-state index in [0.717, 1.165) is 45.2 Å². The summed E-state index contributed by atoms with van der Waals surface area (Å²) in [6.45, 7) is 66.8. The van der Waals surface area contributed by atoms with E-state index >= 15 is 0 Å². The molecule has 0 fully saturated rings. The molecule has 470 valence electrons. The molecule has 7 aromatic rings. The molecular formula is C69H116N13OW-. The number of aromatic nitrogens is 10. The number of anilines is 2. The maximum atomic E-state index is 12.4. The molecule has 0 aromatic carbocycles. The molecule has 0 aliphatic carbocycles.